The number of guanidine groups is 1. The molecule has 1 aromatic rings. The Morgan fingerprint density at radius 1 is 1.17 bits per heavy atom. The van der Waals surface area contributed by atoms with E-state index >= 15 is 0 Å². The number of hydrogen-bond donors (Lipinski definition) is 2. The van der Waals surface area contributed by atoms with E-state index in [1.54, 1.807) is 7.11 Å². The molecule has 4 aliphatic rings. The lowest BCUT2D eigenvalue weighted by Gasteiger charge is -2.54. The van der Waals surface area contributed by atoms with Gasteiger partial charge in [-0.15, -0.1) is 0 Å². The van der Waals surface area contributed by atoms with Crippen molar-refractivity contribution in [3.05, 3.63) is 23.8 Å². The van der Waals surface area contributed by atoms with Crippen LogP contribution >= 0.6 is 0 Å². The largest absolute Gasteiger partial charge is 0.497 e. The highest BCUT2D eigenvalue weighted by Gasteiger charge is 2.51. The fourth-order valence-corrected chi connectivity index (χ4v) is 5.53. The minimum atomic E-state index is 0.117. The molecule has 4 aliphatic carbocycles. The molecule has 4 heteroatoms. The Morgan fingerprint density at radius 2 is 1.78 bits per heavy atom. The molecule has 0 spiro atoms. The summed E-state index contributed by atoms with van der Waals surface area (Å²) in [7, 11) is 1.69. The summed E-state index contributed by atoms with van der Waals surface area (Å²) in [5.74, 6) is 4.10. The molecule has 0 atom stereocenters. The van der Waals surface area contributed by atoms with Crippen LogP contribution in [0.3, 0.4) is 0 Å². The molecule has 0 radical (unpaired) electrons. The summed E-state index contributed by atoms with van der Waals surface area (Å²) in [5.41, 5.74) is 8.52. The van der Waals surface area contributed by atoms with Crippen molar-refractivity contribution >= 4 is 11.6 Å². The molecule has 0 amide bonds. The summed E-state index contributed by atoms with van der Waals surface area (Å²) < 4.78 is 5.26. The van der Waals surface area contributed by atoms with Gasteiger partial charge in [0.1, 0.15) is 5.75 Å². The van der Waals surface area contributed by atoms with Crippen LogP contribution in [-0.4, -0.2) is 18.6 Å². The molecule has 0 saturated heterocycles. The van der Waals surface area contributed by atoms with Crippen LogP contribution in [0, 0.1) is 24.7 Å². The zero-order chi connectivity index (χ0) is 16.0. The number of nitrogens with one attached hydrogen (secondary N) is 1. The van der Waals surface area contributed by atoms with Crippen molar-refractivity contribution < 1.29 is 4.74 Å². The van der Waals surface area contributed by atoms with Crippen LogP contribution in [0.5, 0.6) is 5.75 Å². The van der Waals surface area contributed by atoms with Crippen LogP contribution in [0.4, 0.5) is 5.69 Å². The normalized spacial score (nSPS) is 35.4. The predicted octanol–water partition coefficient (Wildman–Crippen LogP) is 3.70. The van der Waals surface area contributed by atoms with Gasteiger partial charge in [-0.25, -0.2) is 4.99 Å². The molecule has 23 heavy (non-hydrogen) atoms. The fraction of sp³-hybridized carbons (Fsp3) is 0.632. The van der Waals surface area contributed by atoms with E-state index in [2.05, 4.69) is 12.2 Å². The molecule has 0 heterocycles. The van der Waals surface area contributed by atoms with Gasteiger partial charge in [-0.3, -0.25) is 0 Å². The van der Waals surface area contributed by atoms with E-state index in [1.807, 2.05) is 18.2 Å². The number of hydrogen-bond acceptors (Lipinski definition) is 2. The topological polar surface area (TPSA) is 59.6 Å². The molecule has 5 rings (SSSR count). The highest BCUT2D eigenvalue weighted by molar-refractivity contribution is 5.93. The number of rotatable bonds is 3. The first-order chi connectivity index (χ1) is 11.0. The SMILES string of the molecule is Cc1cc(O[11CH3])ccc1NC(N)=NC12CC3CC(CC(C3)C1)C2. The molecule has 4 saturated carbocycles. The number of benzene rings is 1. The Hall–Kier alpha value is -1.71. The first-order valence-electron chi connectivity index (χ1n) is 8.82. The van der Waals surface area contributed by atoms with Gasteiger partial charge in [0.2, 0.25) is 0 Å². The van der Waals surface area contributed by atoms with Crippen molar-refractivity contribution in [3.63, 3.8) is 0 Å². The van der Waals surface area contributed by atoms with Crippen molar-refractivity contribution in [3.8, 4) is 5.75 Å². The zero-order valence-corrected chi connectivity index (χ0v) is 14.1. The van der Waals surface area contributed by atoms with Gasteiger partial charge in [0, 0.05) is 5.69 Å². The quantitative estimate of drug-likeness (QED) is 0.661. The van der Waals surface area contributed by atoms with Gasteiger partial charge in [-0.05, 0) is 87.0 Å². The summed E-state index contributed by atoms with van der Waals surface area (Å²) in [4.78, 5) is 5.00. The summed E-state index contributed by atoms with van der Waals surface area (Å²) in [5, 5.41) is 3.31. The lowest BCUT2D eigenvalue weighted by molar-refractivity contribution is 0.00163. The molecule has 4 nitrogen and oxygen atoms in total. The van der Waals surface area contributed by atoms with E-state index in [9.17, 15) is 0 Å². The molecule has 4 bridgehead atoms. The third-order valence-corrected chi connectivity index (χ3v) is 6.06. The number of aryl methyl sites for hydroxylation is 1. The third kappa shape index (κ3) is 2.79. The molecular weight excluding hydrogens is 285 g/mol. The summed E-state index contributed by atoms with van der Waals surface area (Å²) in [6, 6.07) is 5.98. The maximum atomic E-state index is 6.27. The van der Waals surface area contributed by atoms with Crippen molar-refractivity contribution in [2.45, 2.75) is 51.0 Å². The van der Waals surface area contributed by atoms with Crippen molar-refractivity contribution in [2.75, 3.05) is 12.4 Å². The minimum absolute atomic E-state index is 0.117. The number of methoxy groups -OCH3 is 1. The predicted molar refractivity (Wildman–Crippen MR) is 93.9 cm³/mol. The summed E-state index contributed by atoms with van der Waals surface area (Å²) in [6.07, 6.45) is 8.01. The summed E-state index contributed by atoms with van der Waals surface area (Å²) >= 11 is 0. The lowest BCUT2D eigenvalue weighted by Crippen LogP contribution is -2.50. The van der Waals surface area contributed by atoms with Crippen LogP contribution < -0.4 is 15.8 Å². The molecular formula is C19H27N3O. The van der Waals surface area contributed by atoms with Gasteiger partial charge in [-0.2, -0.15) is 0 Å². The lowest BCUT2D eigenvalue weighted by atomic mass is 9.53. The van der Waals surface area contributed by atoms with Gasteiger partial charge >= 0.3 is 0 Å². The van der Waals surface area contributed by atoms with Crippen molar-refractivity contribution in [1.82, 2.24) is 0 Å². The molecule has 0 aromatic heterocycles. The van der Waals surface area contributed by atoms with E-state index in [4.69, 9.17) is 15.5 Å². The Labute approximate surface area is 138 Å². The molecule has 0 aliphatic heterocycles. The van der Waals surface area contributed by atoms with E-state index in [-0.39, 0.29) is 5.54 Å². The first kappa shape index (κ1) is 14.9. The second-order valence-electron chi connectivity index (χ2n) is 7.94. The van der Waals surface area contributed by atoms with E-state index < -0.39 is 0 Å². The molecule has 0 unspecified atom stereocenters. The first-order valence-corrected chi connectivity index (χ1v) is 8.82. The van der Waals surface area contributed by atoms with Crippen LogP contribution in [0.15, 0.2) is 23.2 Å². The van der Waals surface area contributed by atoms with Crippen LogP contribution in [0.1, 0.15) is 44.1 Å². The Morgan fingerprint density at radius 3 is 2.30 bits per heavy atom. The second-order valence-corrected chi connectivity index (χ2v) is 7.94. The average molecular weight is 312 g/mol. The molecule has 124 valence electrons. The van der Waals surface area contributed by atoms with Gasteiger partial charge in [0.25, 0.3) is 0 Å². The van der Waals surface area contributed by atoms with Crippen LogP contribution in [0.2, 0.25) is 0 Å². The smallest absolute Gasteiger partial charge is 0.193 e. The second kappa shape index (κ2) is 5.43. The average Bonchev–Trinajstić information content (AvgIpc) is 2.47. The number of ether oxygens (including phenoxy) is 1. The maximum Gasteiger partial charge on any atom is 0.193 e. The van der Waals surface area contributed by atoms with Gasteiger partial charge < -0.3 is 15.8 Å². The molecule has 4 fully saturated rings. The number of anilines is 1. The van der Waals surface area contributed by atoms with E-state index in [0.717, 1.165) is 34.8 Å². The van der Waals surface area contributed by atoms with Gasteiger partial charge in [-0.1, -0.05) is 0 Å². The van der Waals surface area contributed by atoms with E-state index in [0.29, 0.717) is 5.96 Å². The fourth-order valence-electron chi connectivity index (χ4n) is 5.53. The molecule has 3 N–H and O–H groups in total. The van der Waals surface area contributed by atoms with Crippen molar-refractivity contribution in [2.24, 2.45) is 28.5 Å². The van der Waals surface area contributed by atoms with Crippen LogP contribution in [-0.2, 0) is 0 Å². The standard InChI is InChI=1S/C19H27N3O/c1-12-5-16(23-2)3-4-17(12)21-18(20)22-19-9-13-6-14(10-19)8-15(7-13)11-19/h3-5,13-15H,6-11H2,1-2H3,(H3,20,21,22)/i2-1. The van der Waals surface area contributed by atoms with Gasteiger partial charge in [0.15, 0.2) is 5.96 Å². The summed E-state index contributed by atoms with van der Waals surface area (Å²) in [6.45, 7) is 2.06. The Bertz CT molecular complexity index is 602. The number of nitrogens with two attached hydrogens (primary N) is 1. The highest BCUT2D eigenvalue weighted by atomic mass is 16.4. The maximum absolute atomic E-state index is 6.27. The Kier molecular flexibility index (Phi) is 3.51. The van der Waals surface area contributed by atoms with E-state index in [1.165, 1.54) is 38.5 Å². The zero-order valence-electron chi connectivity index (χ0n) is 14.1. The highest BCUT2D eigenvalue weighted by Crippen LogP contribution is 2.57. The monoisotopic (exact) mass is 312 g/mol. The minimum Gasteiger partial charge on any atom is -0.497 e. The number of nitrogens with zero attached hydrogens (tertiary/aromatic N) is 1. The molecule has 1 aromatic carbocycles. The third-order valence-electron chi connectivity index (χ3n) is 6.06. The van der Waals surface area contributed by atoms with Crippen molar-refractivity contribution in [1.29, 1.82) is 0 Å². The van der Waals surface area contributed by atoms with Gasteiger partial charge in [0.05, 0.1) is 12.6 Å². The van der Waals surface area contributed by atoms with Crippen LogP contribution in [0.25, 0.3) is 0 Å². The number of aliphatic imine (C=N–C) groups is 1. The Balaban J connectivity index is 1.53.